The van der Waals surface area contributed by atoms with E-state index < -0.39 is 10.0 Å². The third kappa shape index (κ3) is 5.58. The van der Waals surface area contributed by atoms with Crippen molar-refractivity contribution in [2.75, 3.05) is 24.1 Å². The van der Waals surface area contributed by atoms with Crippen LogP contribution in [0.15, 0.2) is 24.3 Å². The van der Waals surface area contributed by atoms with Crippen LogP contribution < -0.4 is 15.4 Å². The van der Waals surface area contributed by atoms with Gasteiger partial charge in [0.05, 0.1) is 17.5 Å². The van der Waals surface area contributed by atoms with E-state index in [4.69, 9.17) is 0 Å². The highest BCUT2D eigenvalue weighted by Crippen LogP contribution is 2.15. The van der Waals surface area contributed by atoms with Crippen molar-refractivity contribution in [3.05, 3.63) is 29.8 Å². The molecule has 0 fully saturated rings. The molecule has 1 atom stereocenters. The molecule has 7 heteroatoms. The molecular formula is C13H21N3O3S. The summed E-state index contributed by atoms with van der Waals surface area (Å²) in [4.78, 5) is 12.1. The van der Waals surface area contributed by atoms with Crippen LogP contribution in [-0.4, -0.2) is 39.7 Å². The molecule has 0 bridgehead atoms. The molecule has 0 saturated carbocycles. The van der Waals surface area contributed by atoms with Gasteiger partial charge in [-0.25, -0.2) is 8.42 Å². The van der Waals surface area contributed by atoms with Gasteiger partial charge in [0.15, 0.2) is 0 Å². The second-order valence-corrected chi connectivity index (χ2v) is 6.34. The maximum atomic E-state index is 12.1. The number of likely N-dealkylation sites (N-methyl/N-ethyl adjacent to an activating group) is 1. The molecule has 1 amide bonds. The lowest BCUT2D eigenvalue weighted by Gasteiger charge is -2.15. The molecule has 0 aromatic heterocycles. The number of rotatable bonds is 7. The fraction of sp³-hybridized carbons (Fsp3) is 0.462. The molecule has 1 aromatic carbocycles. The first-order chi connectivity index (χ1) is 9.33. The number of carbonyl (C=O) groups excluding carboxylic acids is 1. The average molecular weight is 299 g/mol. The molecule has 0 spiro atoms. The zero-order chi connectivity index (χ0) is 15.2. The van der Waals surface area contributed by atoms with Crippen LogP contribution in [0, 0.1) is 0 Å². The first kappa shape index (κ1) is 16.5. The van der Waals surface area contributed by atoms with E-state index in [9.17, 15) is 13.2 Å². The minimum atomic E-state index is -3.42. The van der Waals surface area contributed by atoms with Gasteiger partial charge in [-0.05, 0) is 25.6 Å². The van der Waals surface area contributed by atoms with Crippen molar-refractivity contribution >= 4 is 21.6 Å². The number of benzene rings is 1. The van der Waals surface area contributed by atoms with E-state index in [1.807, 2.05) is 13.8 Å². The van der Waals surface area contributed by atoms with E-state index in [-0.39, 0.29) is 17.6 Å². The van der Waals surface area contributed by atoms with Gasteiger partial charge in [0, 0.05) is 12.6 Å². The predicted molar refractivity (Wildman–Crippen MR) is 80.4 cm³/mol. The van der Waals surface area contributed by atoms with Crippen LogP contribution >= 0.6 is 0 Å². The van der Waals surface area contributed by atoms with Crippen molar-refractivity contribution in [2.24, 2.45) is 0 Å². The summed E-state index contributed by atoms with van der Waals surface area (Å²) in [6, 6.07) is 6.66. The van der Waals surface area contributed by atoms with Crippen LogP contribution in [-0.2, 0) is 10.0 Å². The minimum absolute atomic E-state index is 0.152. The molecule has 0 unspecified atom stereocenters. The molecule has 0 radical (unpaired) electrons. The fourth-order valence-corrected chi connectivity index (χ4v) is 2.31. The zero-order valence-electron chi connectivity index (χ0n) is 11.9. The maximum absolute atomic E-state index is 12.1. The van der Waals surface area contributed by atoms with Crippen LogP contribution in [0.2, 0.25) is 0 Å². The van der Waals surface area contributed by atoms with Crippen LogP contribution in [0.25, 0.3) is 0 Å². The Labute approximate surface area is 120 Å². The van der Waals surface area contributed by atoms with Gasteiger partial charge in [0.2, 0.25) is 10.0 Å². The van der Waals surface area contributed by atoms with Crippen molar-refractivity contribution in [1.82, 2.24) is 10.6 Å². The van der Waals surface area contributed by atoms with Crippen LogP contribution in [0.5, 0.6) is 0 Å². The first-order valence-corrected chi connectivity index (χ1v) is 8.31. The predicted octanol–water partition coefficient (Wildman–Crippen LogP) is 0.786. The fourth-order valence-electron chi connectivity index (χ4n) is 1.73. The third-order valence-corrected chi connectivity index (χ3v) is 3.18. The Bertz CT molecular complexity index is 558. The lowest BCUT2D eigenvalue weighted by molar-refractivity contribution is 0.0951. The highest BCUT2D eigenvalue weighted by Gasteiger charge is 2.13. The van der Waals surface area contributed by atoms with Crippen LogP contribution in [0.3, 0.4) is 0 Å². The van der Waals surface area contributed by atoms with E-state index in [2.05, 4.69) is 15.4 Å². The molecular weight excluding hydrogens is 278 g/mol. The number of carbonyl (C=O) groups is 1. The molecule has 20 heavy (non-hydrogen) atoms. The number of anilines is 1. The standard InChI is InChI=1S/C13H21N3O3S/c1-4-14-10(2)9-15-13(17)11-7-5-6-8-12(11)16-20(3,18)19/h5-8,10,14,16H,4,9H2,1-3H3,(H,15,17)/t10-/m1/s1. The van der Waals surface area contributed by atoms with E-state index >= 15 is 0 Å². The molecule has 0 aliphatic carbocycles. The van der Waals surface area contributed by atoms with Crippen molar-refractivity contribution in [3.8, 4) is 0 Å². The Morgan fingerprint density at radius 3 is 2.55 bits per heavy atom. The van der Waals surface area contributed by atoms with Gasteiger partial charge in [0.1, 0.15) is 0 Å². The topological polar surface area (TPSA) is 87.3 Å². The Morgan fingerprint density at radius 2 is 1.95 bits per heavy atom. The molecule has 1 aromatic rings. The van der Waals surface area contributed by atoms with Crippen LogP contribution in [0.1, 0.15) is 24.2 Å². The highest BCUT2D eigenvalue weighted by molar-refractivity contribution is 7.92. The normalized spacial score (nSPS) is 12.8. The maximum Gasteiger partial charge on any atom is 0.253 e. The van der Waals surface area contributed by atoms with Crippen molar-refractivity contribution < 1.29 is 13.2 Å². The number of hydrogen-bond acceptors (Lipinski definition) is 4. The molecule has 0 aliphatic rings. The second kappa shape index (κ2) is 7.25. The van der Waals surface area contributed by atoms with E-state index in [1.165, 1.54) is 0 Å². The van der Waals surface area contributed by atoms with Gasteiger partial charge in [-0.15, -0.1) is 0 Å². The van der Waals surface area contributed by atoms with Crippen molar-refractivity contribution in [1.29, 1.82) is 0 Å². The van der Waals surface area contributed by atoms with Crippen molar-refractivity contribution in [2.45, 2.75) is 19.9 Å². The summed E-state index contributed by atoms with van der Waals surface area (Å²) in [6.07, 6.45) is 1.05. The van der Waals surface area contributed by atoms with Gasteiger partial charge in [-0.1, -0.05) is 19.1 Å². The second-order valence-electron chi connectivity index (χ2n) is 4.59. The first-order valence-electron chi connectivity index (χ1n) is 6.42. The van der Waals surface area contributed by atoms with E-state index in [0.717, 1.165) is 12.8 Å². The van der Waals surface area contributed by atoms with E-state index in [1.54, 1.807) is 24.3 Å². The molecule has 1 rings (SSSR count). The Hall–Kier alpha value is -1.60. The van der Waals surface area contributed by atoms with Gasteiger partial charge in [-0.3, -0.25) is 9.52 Å². The molecule has 6 nitrogen and oxygen atoms in total. The zero-order valence-corrected chi connectivity index (χ0v) is 12.8. The lowest BCUT2D eigenvalue weighted by atomic mass is 10.1. The summed E-state index contributed by atoms with van der Waals surface area (Å²) in [6.45, 7) is 5.25. The number of hydrogen-bond donors (Lipinski definition) is 3. The van der Waals surface area contributed by atoms with Gasteiger partial charge in [0.25, 0.3) is 5.91 Å². The number of sulfonamides is 1. The quantitative estimate of drug-likeness (QED) is 0.694. The summed E-state index contributed by atoms with van der Waals surface area (Å²) < 4.78 is 24.9. The molecule has 0 heterocycles. The number of nitrogens with one attached hydrogen (secondary N) is 3. The highest BCUT2D eigenvalue weighted by atomic mass is 32.2. The monoisotopic (exact) mass is 299 g/mol. The van der Waals surface area contributed by atoms with Gasteiger partial charge >= 0.3 is 0 Å². The minimum Gasteiger partial charge on any atom is -0.350 e. The van der Waals surface area contributed by atoms with Gasteiger partial charge < -0.3 is 10.6 Å². The molecule has 0 saturated heterocycles. The molecule has 112 valence electrons. The summed E-state index contributed by atoms with van der Waals surface area (Å²) in [7, 11) is -3.42. The number of para-hydroxylation sites is 1. The van der Waals surface area contributed by atoms with Crippen LogP contribution in [0.4, 0.5) is 5.69 Å². The van der Waals surface area contributed by atoms with Crippen molar-refractivity contribution in [3.63, 3.8) is 0 Å². The Morgan fingerprint density at radius 1 is 1.30 bits per heavy atom. The lowest BCUT2D eigenvalue weighted by Crippen LogP contribution is -2.39. The number of amides is 1. The third-order valence-electron chi connectivity index (χ3n) is 2.59. The summed E-state index contributed by atoms with van der Waals surface area (Å²) >= 11 is 0. The SMILES string of the molecule is CCN[C@H](C)CNC(=O)c1ccccc1NS(C)(=O)=O. The summed E-state index contributed by atoms with van der Waals surface area (Å²) in [5.74, 6) is -0.304. The smallest absolute Gasteiger partial charge is 0.253 e. The Balaban J connectivity index is 2.78. The molecule has 3 N–H and O–H groups in total. The summed E-state index contributed by atoms with van der Waals surface area (Å²) in [5, 5.41) is 5.95. The summed E-state index contributed by atoms with van der Waals surface area (Å²) in [5.41, 5.74) is 0.588. The largest absolute Gasteiger partial charge is 0.350 e. The average Bonchev–Trinajstić information content (AvgIpc) is 2.35. The molecule has 0 aliphatic heterocycles. The van der Waals surface area contributed by atoms with Gasteiger partial charge in [-0.2, -0.15) is 0 Å². The van der Waals surface area contributed by atoms with E-state index in [0.29, 0.717) is 12.1 Å². The Kier molecular flexibility index (Phi) is 5.97.